The van der Waals surface area contributed by atoms with Gasteiger partial charge >= 0.3 is 0 Å². The van der Waals surface area contributed by atoms with E-state index in [2.05, 4.69) is 15.3 Å². The number of amides is 1. The van der Waals surface area contributed by atoms with Gasteiger partial charge in [0.25, 0.3) is 0 Å². The number of carbonyl (C=O) groups excluding carboxylic acids is 1. The molecule has 1 aromatic carbocycles. The molecule has 0 bridgehead atoms. The van der Waals surface area contributed by atoms with Crippen molar-refractivity contribution in [2.75, 3.05) is 10.2 Å². The highest BCUT2D eigenvalue weighted by molar-refractivity contribution is 6.13. The summed E-state index contributed by atoms with van der Waals surface area (Å²) in [7, 11) is 0. The maximum absolute atomic E-state index is 13.9. The zero-order valence-corrected chi connectivity index (χ0v) is 15.2. The fourth-order valence-corrected chi connectivity index (χ4v) is 4.46. The fourth-order valence-electron chi connectivity index (χ4n) is 4.46. The van der Waals surface area contributed by atoms with Crippen LogP contribution in [-0.4, -0.2) is 27.0 Å². The number of carbonyl (C=O) groups is 1. The Hall–Kier alpha value is -2.61. The summed E-state index contributed by atoms with van der Waals surface area (Å²) >= 11 is 0. The van der Waals surface area contributed by atoms with Crippen molar-refractivity contribution in [3.05, 3.63) is 41.2 Å². The van der Waals surface area contributed by atoms with Gasteiger partial charge in [0, 0.05) is 12.1 Å². The molecule has 2 saturated carbocycles. The predicted octanol–water partition coefficient (Wildman–Crippen LogP) is 3.31. The van der Waals surface area contributed by atoms with Gasteiger partial charge in [-0.1, -0.05) is 12.8 Å². The zero-order valence-electron chi connectivity index (χ0n) is 15.2. The van der Waals surface area contributed by atoms with Crippen molar-refractivity contribution in [1.29, 1.82) is 0 Å². The van der Waals surface area contributed by atoms with Crippen LogP contribution in [0.5, 0.6) is 0 Å². The highest BCUT2D eigenvalue weighted by Gasteiger charge is 2.56. The first kappa shape index (κ1) is 17.5. The smallest absolute Gasteiger partial charge is 0.243 e. The number of halogens is 2. The number of nitrogens with one attached hydrogen (secondary N) is 1. The lowest BCUT2D eigenvalue weighted by Gasteiger charge is -2.24. The molecular formula is C20H20F2N4O2. The standard InChI is InChI=1S/C20H20F2N4O2/c21-11-7-12(22)9-14(8-11)26-18-16(20(19(26)28)5-1-2-6-20)17(23-13-3-4-13)24-15(10-27)25-18/h7-9,13,27H,1-6,10H2,(H,23,24,25). The van der Waals surface area contributed by atoms with Gasteiger partial charge in [0.2, 0.25) is 5.91 Å². The zero-order chi connectivity index (χ0) is 19.5. The van der Waals surface area contributed by atoms with Crippen LogP contribution in [0.25, 0.3) is 0 Å². The predicted molar refractivity (Wildman–Crippen MR) is 98.2 cm³/mol. The van der Waals surface area contributed by atoms with Gasteiger partial charge in [-0.2, -0.15) is 0 Å². The number of benzene rings is 1. The second-order valence-electron chi connectivity index (χ2n) is 7.82. The van der Waals surface area contributed by atoms with Crippen LogP contribution in [0, 0.1) is 11.6 Å². The SMILES string of the molecule is O=C1N(c2cc(F)cc(F)c2)c2nc(CO)nc(NC3CC3)c2C12CCCC2. The molecule has 1 aromatic heterocycles. The molecule has 2 aromatic rings. The van der Waals surface area contributed by atoms with E-state index >= 15 is 0 Å². The van der Waals surface area contributed by atoms with Crippen molar-refractivity contribution in [3.8, 4) is 0 Å². The minimum Gasteiger partial charge on any atom is -0.388 e. The second kappa shape index (κ2) is 6.20. The van der Waals surface area contributed by atoms with Gasteiger partial charge in [-0.05, 0) is 37.8 Å². The van der Waals surface area contributed by atoms with E-state index in [1.54, 1.807) is 0 Å². The Morgan fingerprint density at radius 3 is 2.43 bits per heavy atom. The summed E-state index contributed by atoms with van der Waals surface area (Å²) in [5.41, 5.74) is 0.0137. The molecule has 1 amide bonds. The normalized spacial score (nSPS) is 20.1. The Bertz CT molecular complexity index is 951. The lowest BCUT2D eigenvalue weighted by atomic mass is 9.80. The minimum atomic E-state index is -0.788. The third kappa shape index (κ3) is 2.58. The first-order valence-corrected chi connectivity index (χ1v) is 9.61. The Morgan fingerprint density at radius 2 is 1.82 bits per heavy atom. The van der Waals surface area contributed by atoms with Gasteiger partial charge in [-0.3, -0.25) is 9.69 Å². The number of hydrogen-bond acceptors (Lipinski definition) is 5. The molecule has 8 heteroatoms. The highest BCUT2D eigenvalue weighted by Crippen LogP contribution is 2.55. The molecule has 2 fully saturated rings. The van der Waals surface area contributed by atoms with E-state index in [1.807, 2.05) is 0 Å². The molecule has 1 spiro atoms. The van der Waals surface area contributed by atoms with Gasteiger partial charge in [0.15, 0.2) is 5.82 Å². The average molecular weight is 386 g/mol. The van der Waals surface area contributed by atoms with Crippen molar-refractivity contribution in [1.82, 2.24) is 9.97 Å². The first-order chi connectivity index (χ1) is 13.5. The minimum absolute atomic E-state index is 0.104. The van der Waals surface area contributed by atoms with E-state index in [4.69, 9.17) is 0 Å². The van der Waals surface area contributed by atoms with Gasteiger partial charge in [0.05, 0.1) is 16.7 Å². The third-order valence-corrected chi connectivity index (χ3v) is 5.86. The Kier molecular flexibility index (Phi) is 3.87. The topological polar surface area (TPSA) is 78.4 Å². The van der Waals surface area contributed by atoms with Crippen LogP contribution in [0.15, 0.2) is 18.2 Å². The van der Waals surface area contributed by atoms with E-state index in [9.17, 15) is 18.7 Å². The number of fused-ring (bicyclic) bond motifs is 2. The van der Waals surface area contributed by atoms with E-state index in [0.717, 1.165) is 43.9 Å². The van der Waals surface area contributed by atoms with Crippen molar-refractivity contribution in [2.24, 2.45) is 0 Å². The van der Waals surface area contributed by atoms with Crippen LogP contribution < -0.4 is 10.2 Å². The van der Waals surface area contributed by atoms with Crippen LogP contribution in [0.4, 0.5) is 26.1 Å². The second-order valence-corrected chi connectivity index (χ2v) is 7.82. The van der Waals surface area contributed by atoms with E-state index in [0.29, 0.717) is 36.1 Å². The molecule has 0 atom stereocenters. The first-order valence-electron chi connectivity index (χ1n) is 9.61. The summed E-state index contributed by atoms with van der Waals surface area (Å²) in [6, 6.07) is 3.33. The number of rotatable bonds is 4. The van der Waals surface area contributed by atoms with Crippen LogP contribution >= 0.6 is 0 Å². The summed E-state index contributed by atoms with van der Waals surface area (Å²) in [4.78, 5) is 23.7. The summed E-state index contributed by atoms with van der Waals surface area (Å²) in [5, 5.41) is 13.0. The summed E-state index contributed by atoms with van der Waals surface area (Å²) in [6.45, 7) is -0.390. The lowest BCUT2D eigenvalue weighted by molar-refractivity contribution is -0.122. The lowest BCUT2D eigenvalue weighted by Crippen LogP contribution is -2.36. The number of aliphatic hydroxyl groups excluding tert-OH is 1. The Balaban J connectivity index is 1.74. The highest BCUT2D eigenvalue weighted by atomic mass is 19.1. The monoisotopic (exact) mass is 386 g/mol. The maximum atomic E-state index is 13.9. The van der Waals surface area contributed by atoms with Gasteiger partial charge < -0.3 is 10.4 Å². The molecule has 0 saturated heterocycles. The maximum Gasteiger partial charge on any atom is 0.243 e. The molecule has 6 nitrogen and oxygen atoms in total. The molecular weight excluding hydrogens is 366 g/mol. The van der Waals surface area contributed by atoms with E-state index < -0.39 is 17.0 Å². The average Bonchev–Trinajstić information content (AvgIpc) is 3.26. The van der Waals surface area contributed by atoms with Gasteiger partial charge in [-0.25, -0.2) is 18.7 Å². The van der Waals surface area contributed by atoms with Crippen molar-refractivity contribution < 1.29 is 18.7 Å². The Labute approximate surface area is 160 Å². The van der Waals surface area contributed by atoms with Crippen molar-refractivity contribution in [3.63, 3.8) is 0 Å². The van der Waals surface area contributed by atoms with Crippen molar-refractivity contribution >= 4 is 23.2 Å². The number of aromatic nitrogens is 2. The third-order valence-electron chi connectivity index (χ3n) is 5.86. The fraction of sp³-hybridized carbons (Fsp3) is 0.450. The van der Waals surface area contributed by atoms with E-state index in [-0.39, 0.29) is 24.0 Å². The van der Waals surface area contributed by atoms with Crippen LogP contribution in [0.1, 0.15) is 49.9 Å². The summed E-state index contributed by atoms with van der Waals surface area (Å²) in [6.07, 6.45) is 5.12. The number of hydrogen-bond donors (Lipinski definition) is 2. The van der Waals surface area contributed by atoms with Gasteiger partial charge in [-0.15, -0.1) is 0 Å². The summed E-state index contributed by atoms with van der Waals surface area (Å²) < 4.78 is 27.8. The molecule has 3 aliphatic rings. The van der Waals surface area contributed by atoms with Crippen LogP contribution in [0.3, 0.4) is 0 Å². The number of nitrogens with zero attached hydrogens (tertiary/aromatic N) is 3. The van der Waals surface area contributed by atoms with Crippen molar-refractivity contribution in [2.45, 2.75) is 56.6 Å². The van der Waals surface area contributed by atoms with E-state index in [1.165, 1.54) is 4.90 Å². The molecule has 2 aliphatic carbocycles. The number of anilines is 3. The molecule has 5 rings (SSSR count). The molecule has 1 aliphatic heterocycles. The Morgan fingerprint density at radius 1 is 1.14 bits per heavy atom. The van der Waals surface area contributed by atoms with Crippen LogP contribution in [0.2, 0.25) is 0 Å². The quantitative estimate of drug-likeness (QED) is 0.843. The van der Waals surface area contributed by atoms with Gasteiger partial charge in [0.1, 0.15) is 29.9 Å². The summed E-state index contributed by atoms with van der Waals surface area (Å²) in [5.74, 6) is -0.695. The number of aliphatic hydroxyl groups is 1. The molecule has 2 heterocycles. The molecule has 28 heavy (non-hydrogen) atoms. The molecule has 0 radical (unpaired) electrons. The molecule has 0 unspecified atom stereocenters. The molecule has 2 N–H and O–H groups in total. The molecule has 146 valence electrons. The largest absolute Gasteiger partial charge is 0.388 e. The van der Waals surface area contributed by atoms with Crippen LogP contribution in [-0.2, 0) is 16.8 Å².